The van der Waals surface area contributed by atoms with E-state index in [0.717, 1.165) is 0 Å². The van der Waals surface area contributed by atoms with E-state index in [-0.39, 0.29) is 26.3 Å². The number of aryl methyl sites for hydroxylation is 1. The second kappa shape index (κ2) is 5.61. The molecule has 9 heteroatoms. The molecule has 1 aromatic heterocycles. The van der Waals surface area contributed by atoms with Crippen molar-refractivity contribution in [3.05, 3.63) is 40.0 Å². The molecule has 108 valence electrons. The molecule has 0 amide bonds. The summed E-state index contributed by atoms with van der Waals surface area (Å²) in [5.41, 5.74) is 0.164. The van der Waals surface area contributed by atoms with Crippen LogP contribution in [0.15, 0.2) is 29.3 Å². The summed E-state index contributed by atoms with van der Waals surface area (Å²) in [4.78, 5) is -0.168. The maximum Gasteiger partial charge on any atom is 0.264 e. The Morgan fingerprint density at radius 2 is 2.05 bits per heavy atom. The van der Waals surface area contributed by atoms with Gasteiger partial charge in [-0.2, -0.15) is 5.10 Å². The first-order chi connectivity index (χ1) is 9.35. The molecule has 6 nitrogen and oxygen atoms in total. The summed E-state index contributed by atoms with van der Waals surface area (Å²) in [6.45, 7) is -0.454. The SMILES string of the molecule is Cn1ccc(NS(=O)(=O)c2ccc(Cl)c(CO)c2Cl)n1. The molecule has 0 aliphatic heterocycles. The summed E-state index contributed by atoms with van der Waals surface area (Å²) in [5, 5.41) is 13.2. The van der Waals surface area contributed by atoms with Crippen molar-refractivity contribution < 1.29 is 13.5 Å². The first-order valence-corrected chi connectivity index (χ1v) is 7.69. The van der Waals surface area contributed by atoms with Gasteiger partial charge in [-0.05, 0) is 12.1 Å². The van der Waals surface area contributed by atoms with E-state index in [2.05, 4.69) is 9.82 Å². The number of anilines is 1. The fraction of sp³-hybridized carbons (Fsp3) is 0.182. The lowest BCUT2D eigenvalue weighted by atomic mass is 10.2. The Morgan fingerprint density at radius 3 is 2.60 bits per heavy atom. The van der Waals surface area contributed by atoms with Crippen molar-refractivity contribution in [2.75, 3.05) is 4.72 Å². The van der Waals surface area contributed by atoms with Crippen LogP contribution in [0.3, 0.4) is 0 Å². The normalized spacial score (nSPS) is 11.6. The summed E-state index contributed by atoms with van der Waals surface area (Å²) in [6.07, 6.45) is 1.60. The zero-order chi connectivity index (χ0) is 14.9. The van der Waals surface area contributed by atoms with Crippen LogP contribution in [0.4, 0.5) is 5.82 Å². The van der Waals surface area contributed by atoms with E-state index in [1.54, 1.807) is 13.2 Å². The van der Waals surface area contributed by atoms with Crippen molar-refractivity contribution in [3.63, 3.8) is 0 Å². The van der Waals surface area contributed by atoms with Crippen molar-refractivity contribution >= 4 is 39.0 Å². The van der Waals surface area contributed by atoms with E-state index in [1.807, 2.05) is 0 Å². The van der Waals surface area contributed by atoms with Crippen LogP contribution in [-0.2, 0) is 23.7 Å². The molecule has 0 bridgehead atoms. The third-order valence-electron chi connectivity index (χ3n) is 2.55. The summed E-state index contributed by atoms with van der Waals surface area (Å²) in [7, 11) is -2.24. The number of nitrogens with one attached hydrogen (secondary N) is 1. The Bertz CT molecular complexity index is 743. The highest BCUT2D eigenvalue weighted by molar-refractivity contribution is 7.92. The van der Waals surface area contributed by atoms with Crippen molar-refractivity contribution in [2.45, 2.75) is 11.5 Å². The number of nitrogens with zero attached hydrogens (tertiary/aromatic N) is 2. The average molecular weight is 336 g/mol. The molecule has 0 unspecified atom stereocenters. The van der Waals surface area contributed by atoms with Gasteiger partial charge >= 0.3 is 0 Å². The molecular formula is C11H11Cl2N3O3S. The fourth-order valence-electron chi connectivity index (χ4n) is 1.59. The van der Waals surface area contributed by atoms with Crippen molar-refractivity contribution in [2.24, 2.45) is 7.05 Å². The van der Waals surface area contributed by atoms with E-state index in [0.29, 0.717) is 0 Å². The van der Waals surface area contributed by atoms with Crippen LogP contribution in [0, 0.1) is 0 Å². The van der Waals surface area contributed by atoms with Crippen LogP contribution < -0.4 is 4.72 Å². The third kappa shape index (κ3) is 2.90. The highest BCUT2D eigenvalue weighted by Crippen LogP contribution is 2.31. The lowest BCUT2D eigenvalue weighted by Gasteiger charge is -2.11. The first-order valence-electron chi connectivity index (χ1n) is 5.45. The van der Waals surface area contributed by atoms with Gasteiger partial charge in [-0.1, -0.05) is 23.2 Å². The van der Waals surface area contributed by atoms with Crippen molar-refractivity contribution in [1.29, 1.82) is 0 Å². The molecule has 2 rings (SSSR count). The summed E-state index contributed by atoms with van der Waals surface area (Å²) >= 11 is 11.8. The first kappa shape index (κ1) is 15.1. The van der Waals surface area contributed by atoms with Gasteiger partial charge in [-0.15, -0.1) is 0 Å². The number of halogens is 2. The van der Waals surface area contributed by atoms with Crippen LogP contribution in [0.25, 0.3) is 0 Å². The van der Waals surface area contributed by atoms with Gasteiger partial charge in [-0.3, -0.25) is 9.40 Å². The molecule has 0 radical (unpaired) electrons. The van der Waals surface area contributed by atoms with Gasteiger partial charge in [0, 0.05) is 29.9 Å². The lowest BCUT2D eigenvalue weighted by molar-refractivity contribution is 0.282. The summed E-state index contributed by atoms with van der Waals surface area (Å²) in [6, 6.07) is 4.15. The van der Waals surface area contributed by atoms with E-state index in [9.17, 15) is 13.5 Å². The second-order valence-electron chi connectivity index (χ2n) is 3.98. The number of sulfonamides is 1. The zero-order valence-corrected chi connectivity index (χ0v) is 12.7. The van der Waals surface area contributed by atoms with Gasteiger partial charge < -0.3 is 5.11 Å². The van der Waals surface area contributed by atoms with Crippen LogP contribution in [-0.4, -0.2) is 23.3 Å². The van der Waals surface area contributed by atoms with Crippen LogP contribution >= 0.6 is 23.2 Å². The topological polar surface area (TPSA) is 84.2 Å². The maximum absolute atomic E-state index is 12.2. The van der Waals surface area contributed by atoms with Gasteiger partial charge in [0.05, 0.1) is 11.6 Å². The Balaban J connectivity index is 2.44. The van der Waals surface area contributed by atoms with E-state index >= 15 is 0 Å². The minimum Gasteiger partial charge on any atom is -0.392 e. The zero-order valence-electron chi connectivity index (χ0n) is 10.3. The largest absolute Gasteiger partial charge is 0.392 e. The van der Waals surface area contributed by atoms with Crippen molar-refractivity contribution in [3.8, 4) is 0 Å². The Kier molecular flexibility index (Phi) is 4.24. The number of aromatic nitrogens is 2. The predicted molar refractivity (Wildman–Crippen MR) is 76.4 cm³/mol. The summed E-state index contributed by atoms with van der Waals surface area (Å²) < 4.78 is 28.2. The molecule has 2 aromatic rings. The third-order valence-corrected chi connectivity index (χ3v) is 4.85. The molecule has 2 N–H and O–H groups in total. The molecule has 1 aromatic carbocycles. The quantitative estimate of drug-likeness (QED) is 0.895. The highest BCUT2D eigenvalue weighted by atomic mass is 35.5. The molecule has 0 aliphatic rings. The van der Waals surface area contributed by atoms with Crippen molar-refractivity contribution in [1.82, 2.24) is 9.78 Å². The molecule has 1 heterocycles. The fourth-order valence-corrected chi connectivity index (χ4v) is 3.49. The minimum atomic E-state index is -3.91. The number of hydrogen-bond acceptors (Lipinski definition) is 4. The summed E-state index contributed by atoms with van der Waals surface area (Å²) in [5.74, 6) is 0.170. The van der Waals surface area contributed by atoms with Crippen LogP contribution in [0.1, 0.15) is 5.56 Å². The molecule has 0 saturated carbocycles. The molecular weight excluding hydrogens is 325 g/mol. The second-order valence-corrected chi connectivity index (χ2v) is 6.41. The van der Waals surface area contributed by atoms with Gasteiger partial charge in [0.1, 0.15) is 4.90 Å². The van der Waals surface area contributed by atoms with E-state index in [1.165, 1.54) is 22.9 Å². The smallest absolute Gasteiger partial charge is 0.264 e. The van der Waals surface area contributed by atoms with Gasteiger partial charge in [0.2, 0.25) is 0 Å². The Morgan fingerprint density at radius 1 is 1.35 bits per heavy atom. The molecule has 0 saturated heterocycles. The molecule has 0 aliphatic carbocycles. The monoisotopic (exact) mass is 335 g/mol. The van der Waals surface area contributed by atoms with Gasteiger partial charge in [0.15, 0.2) is 5.82 Å². The Hall–Kier alpha value is -1.28. The van der Waals surface area contributed by atoms with E-state index < -0.39 is 16.6 Å². The van der Waals surface area contributed by atoms with Crippen LogP contribution in [0.5, 0.6) is 0 Å². The van der Waals surface area contributed by atoms with E-state index in [4.69, 9.17) is 23.2 Å². The standard InChI is InChI=1S/C11H11Cl2N3O3S/c1-16-5-4-10(14-16)15-20(18,19)9-3-2-8(12)7(6-17)11(9)13/h2-5,17H,6H2,1H3,(H,14,15). The predicted octanol–water partition coefficient (Wildman–Crippen LogP) is 2.02. The molecule has 0 fully saturated rings. The molecule has 0 spiro atoms. The number of hydrogen-bond donors (Lipinski definition) is 2. The number of aliphatic hydroxyl groups is 1. The maximum atomic E-state index is 12.2. The lowest BCUT2D eigenvalue weighted by Crippen LogP contribution is -2.14. The van der Waals surface area contributed by atoms with Crippen LogP contribution in [0.2, 0.25) is 10.0 Å². The molecule has 0 atom stereocenters. The van der Waals surface area contributed by atoms with Gasteiger partial charge in [-0.25, -0.2) is 8.42 Å². The average Bonchev–Trinajstić information content (AvgIpc) is 2.74. The minimum absolute atomic E-state index is 0.108. The Labute approximate surface area is 126 Å². The highest BCUT2D eigenvalue weighted by Gasteiger charge is 2.22. The van der Waals surface area contributed by atoms with Gasteiger partial charge in [0.25, 0.3) is 10.0 Å². The number of rotatable bonds is 4. The number of benzene rings is 1. The molecule has 20 heavy (non-hydrogen) atoms. The number of aliphatic hydroxyl groups excluding tert-OH is 1.